The minimum Gasteiger partial charge on any atom is -0.485 e. The Kier molecular flexibility index (Phi) is 3.39. The number of rotatable bonds is 3. The van der Waals surface area contributed by atoms with E-state index in [1.807, 2.05) is 10.3 Å². The van der Waals surface area contributed by atoms with Crippen LogP contribution in [0.25, 0.3) is 0 Å². The molecule has 0 spiro atoms. The van der Waals surface area contributed by atoms with Gasteiger partial charge in [0.25, 0.3) is 0 Å². The number of likely N-dealkylation sites (tertiary alicyclic amines) is 1. The molecule has 0 aromatic carbocycles. The largest absolute Gasteiger partial charge is 0.485 e. The van der Waals surface area contributed by atoms with Gasteiger partial charge in [0.1, 0.15) is 13.2 Å². The molecular formula is C12H15NO3S2. The highest BCUT2D eigenvalue weighted by Gasteiger charge is 2.27. The van der Waals surface area contributed by atoms with E-state index in [9.17, 15) is 4.79 Å². The third kappa shape index (κ3) is 2.31. The van der Waals surface area contributed by atoms with Crippen molar-refractivity contribution in [2.24, 2.45) is 0 Å². The van der Waals surface area contributed by atoms with Gasteiger partial charge in [0.15, 0.2) is 11.5 Å². The van der Waals surface area contributed by atoms with Crippen molar-refractivity contribution in [2.45, 2.75) is 18.1 Å². The van der Waals surface area contributed by atoms with E-state index >= 15 is 0 Å². The van der Waals surface area contributed by atoms with E-state index in [2.05, 4.69) is 12.6 Å². The van der Waals surface area contributed by atoms with Gasteiger partial charge < -0.3 is 14.4 Å². The van der Waals surface area contributed by atoms with Crippen LogP contribution in [0.15, 0.2) is 5.38 Å². The van der Waals surface area contributed by atoms with E-state index in [-0.39, 0.29) is 11.2 Å². The summed E-state index contributed by atoms with van der Waals surface area (Å²) < 4.78 is 11.1. The van der Waals surface area contributed by atoms with Crippen LogP contribution in [0.5, 0.6) is 11.5 Å². The van der Waals surface area contributed by atoms with Gasteiger partial charge in [-0.25, -0.2) is 0 Å². The highest BCUT2D eigenvalue weighted by atomic mass is 32.1. The third-order valence-corrected chi connectivity index (χ3v) is 4.53. The van der Waals surface area contributed by atoms with E-state index in [4.69, 9.17) is 9.47 Å². The number of amides is 1. The molecule has 1 amide bonds. The third-order valence-electron chi connectivity index (χ3n) is 3.18. The van der Waals surface area contributed by atoms with Gasteiger partial charge in [-0.2, -0.15) is 12.6 Å². The second-order valence-electron chi connectivity index (χ2n) is 4.50. The standard InChI is InChI=1S/C12H15NO3S2/c14-11-5-8(17)6-13(11)2-1-10-12-9(7-18-10)15-3-4-16-12/h7-8,17H,1-6H2. The van der Waals surface area contributed by atoms with E-state index in [0.717, 1.165) is 31.0 Å². The number of carbonyl (C=O) groups is 1. The maximum absolute atomic E-state index is 11.7. The molecule has 1 aromatic rings. The van der Waals surface area contributed by atoms with Crippen LogP contribution in [0.4, 0.5) is 0 Å². The average molecular weight is 285 g/mol. The topological polar surface area (TPSA) is 38.8 Å². The molecule has 3 heterocycles. The fourth-order valence-corrected chi connectivity index (χ4v) is 3.55. The SMILES string of the molecule is O=C1CC(S)CN1CCc1scc2c1OCCO2. The zero-order valence-corrected chi connectivity index (χ0v) is 11.6. The van der Waals surface area contributed by atoms with Crippen molar-refractivity contribution in [3.8, 4) is 11.5 Å². The van der Waals surface area contributed by atoms with Gasteiger partial charge >= 0.3 is 0 Å². The zero-order chi connectivity index (χ0) is 12.5. The van der Waals surface area contributed by atoms with Gasteiger partial charge in [-0.3, -0.25) is 4.79 Å². The molecule has 1 fully saturated rings. The molecule has 0 aliphatic carbocycles. The Morgan fingerprint density at radius 1 is 1.44 bits per heavy atom. The lowest BCUT2D eigenvalue weighted by Crippen LogP contribution is -2.27. The fraction of sp³-hybridized carbons (Fsp3) is 0.583. The Hall–Kier alpha value is -0.880. The monoisotopic (exact) mass is 285 g/mol. The second-order valence-corrected chi connectivity index (χ2v) is 6.19. The summed E-state index contributed by atoms with van der Waals surface area (Å²) in [5, 5.41) is 2.17. The Labute approximate surface area is 115 Å². The lowest BCUT2D eigenvalue weighted by molar-refractivity contribution is -0.127. The molecule has 18 heavy (non-hydrogen) atoms. The molecule has 1 aromatic heterocycles. The first-order valence-electron chi connectivity index (χ1n) is 6.06. The maximum Gasteiger partial charge on any atom is 0.223 e. The van der Waals surface area contributed by atoms with Gasteiger partial charge in [-0.15, -0.1) is 11.3 Å². The summed E-state index contributed by atoms with van der Waals surface area (Å²) in [6, 6.07) is 0. The Balaban J connectivity index is 1.63. The number of nitrogens with zero attached hydrogens (tertiary/aromatic N) is 1. The predicted molar refractivity (Wildman–Crippen MR) is 73.0 cm³/mol. The van der Waals surface area contributed by atoms with Crippen molar-refractivity contribution < 1.29 is 14.3 Å². The quantitative estimate of drug-likeness (QED) is 0.857. The van der Waals surface area contributed by atoms with Crippen molar-refractivity contribution in [3.05, 3.63) is 10.3 Å². The number of fused-ring (bicyclic) bond motifs is 1. The Bertz CT molecular complexity index is 460. The van der Waals surface area contributed by atoms with Crippen LogP contribution in [-0.4, -0.2) is 42.4 Å². The highest BCUT2D eigenvalue weighted by molar-refractivity contribution is 7.81. The summed E-state index contributed by atoms with van der Waals surface area (Å²) in [5.74, 6) is 1.93. The summed E-state index contributed by atoms with van der Waals surface area (Å²) >= 11 is 6.00. The fourth-order valence-electron chi connectivity index (χ4n) is 2.29. The molecule has 1 saturated heterocycles. The summed E-state index contributed by atoms with van der Waals surface area (Å²) in [5.41, 5.74) is 0. The van der Waals surface area contributed by atoms with E-state index < -0.39 is 0 Å². The predicted octanol–water partition coefficient (Wildman–Crippen LogP) is 1.59. The number of hydrogen-bond acceptors (Lipinski definition) is 5. The van der Waals surface area contributed by atoms with Gasteiger partial charge in [-0.05, 0) is 0 Å². The maximum atomic E-state index is 11.7. The Morgan fingerprint density at radius 2 is 2.28 bits per heavy atom. The summed E-state index contributed by atoms with van der Waals surface area (Å²) in [6.45, 7) is 2.73. The second kappa shape index (κ2) is 5.01. The molecular weight excluding hydrogens is 270 g/mol. The summed E-state index contributed by atoms with van der Waals surface area (Å²) in [4.78, 5) is 14.7. The van der Waals surface area contributed by atoms with Gasteiger partial charge in [0, 0.05) is 36.6 Å². The molecule has 98 valence electrons. The molecule has 0 bridgehead atoms. The van der Waals surface area contributed by atoms with E-state index in [1.54, 1.807) is 11.3 Å². The van der Waals surface area contributed by atoms with Crippen LogP contribution in [0.1, 0.15) is 11.3 Å². The van der Waals surface area contributed by atoms with Crippen molar-refractivity contribution in [1.82, 2.24) is 4.90 Å². The molecule has 4 nitrogen and oxygen atoms in total. The van der Waals surface area contributed by atoms with Crippen LogP contribution in [0.2, 0.25) is 0 Å². The van der Waals surface area contributed by atoms with Gasteiger partial charge in [-0.1, -0.05) is 0 Å². The lowest BCUT2D eigenvalue weighted by atomic mass is 10.3. The lowest BCUT2D eigenvalue weighted by Gasteiger charge is -2.18. The number of thiophene rings is 1. The Morgan fingerprint density at radius 3 is 3.06 bits per heavy atom. The molecule has 2 aliphatic rings. The van der Waals surface area contributed by atoms with Crippen LogP contribution < -0.4 is 9.47 Å². The molecule has 1 unspecified atom stereocenters. The molecule has 6 heteroatoms. The number of carbonyl (C=O) groups excluding carboxylic acids is 1. The van der Waals surface area contributed by atoms with Gasteiger partial charge in [0.05, 0.1) is 4.88 Å². The van der Waals surface area contributed by atoms with Crippen LogP contribution in [0, 0.1) is 0 Å². The molecule has 3 rings (SSSR count). The van der Waals surface area contributed by atoms with Crippen LogP contribution in [0.3, 0.4) is 0 Å². The minimum absolute atomic E-state index is 0.189. The van der Waals surface area contributed by atoms with Crippen molar-refractivity contribution in [2.75, 3.05) is 26.3 Å². The molecule has 2 aliphatic heterocycles. The molecule has 0 saturated carbocycles. The molecule has 0 N–H and O–H groups in total. The van der Waals surface area contributed by atoms with E-state index in [1.165, 1.54) is 4.88 Å². The zero-order valence-electron chi connectivity index (χ0n) is 9.92. The van der Waals surface area contributed by atoms with Crippen LogP contribution in [-0.2, 0) is 11.2 Å². The van der Waals surface area contributed by atoms with Crippen molar-refractivity contribution in [1.29, 1.82) is 0 Å². The normalized spacial score (nSPS) is 22.6. The average Bonchev–Trinajstić information content (AvgIpc) is 2.90. The first kappa shape index (κ1) is 12.2. The number of thiol groups is 1. The van der Waals surface area contributed by atoms with Crippen LogP contribution >= 0.6 is 24.0 Å². The first-order valence-corrected chi connectivity index (χ1v) is 7.45. The van der Waals surface area contributed by atoms with Crippen molar-refractivity contribution >= 4 is 29.9 Å². The first-order chi connectivity index (χ1) is 8.74. The smallest absolute Gasteiger partial charge is 0.223 e. The highest BCUT2D eigenvalue weighted by Crippen LogP contribution is 2.39. The van der Waals surface area contributed by atoms with Gasteiger partial charge in [0.2, 0.25) is 5.91 Å². The molecule has 0 radical (unpaired) electrons. The number of ether oxygens (including phenoxy) is 2. The van der Waals surface area contributed by atoms with Crippen molar-refractivity contribution in [3.63, 3.8) is 0 Å². The minimum atomic E-state index is 0.189. The summed E-state index contributed by atoms with van der Waals surface area (Å²) in [7, 11) is 0. The number of hydrogen-bond donors (Lipinski definition) is 1. The van der Waals surface area contributed by atoms with E-state index in [0.29, 0.717) is 19.6 Å². The molecule has 1 atom stereocenters. The summed E-state index contributed by atoms with van der Waals surface area (Å²) in [6.07, 6.45) is 1.39.